The van der Waals surface area contributed by atoms with Gasteiger partial charge in [0.05, 0.1) is 6.61 Å². The molecular weight excluding hydrogens is 306 g/mol. The van der Waals surface area contributed by atoms with Crippen LogP contribution >= 0.6 is 0 Å². The molecule has 0 atom stereocenters. The predicted molar refractivity (Wildman–Crippen MR) is 88.0 cm³/mol. The first-order chi connectivity index (χ1) is 11.7. The van der Waals surface area contributed by atoms with Crippen LogP contribution in [-0.2, 0) is 13.2 Å². The maximum atomic E-state index is 12.2. The van der Waals surface area contributed by atoms with Gasteiger partial charge in [0.15, 0.2) is 5.82 Å². The van der Waals surface area contributed by atoms with Gasteiger partial charge >= 0.3 is 0 Å². The highest BCUT2D eigenvalue weighted by atomic mass is 16.5. The van der Waals surface area contributed by atoms with Crippen LogP contribution in [0.25, 0.3) is 11.5 Å². The Hall–Kier alpha value is -2.99. The summed E-state index contributed by atoms with van der Waals surface area (Å²) < 4.78 is 5.10. The van der Waals surface area contributed by atoms with Gasteiger partial charge in [-0.2, -0.15) is 4.98 Å². The Morgan fingerprint density at radius 3 is 2.46 bits per heavy atom. The van der Waals surface area contributed by atoms with Crippen LogP contribution in [0.3, 0.4) is 0 Å². The molecule has 0 radical (unpaired) electrons. The number of carbonyl (C=O) groups is 1. The van der Waals surface area contributed by atoms with Crippen LogP contribution in [0.4, 0.5) is 0 Å². The van der Waals surface area contributed by atoms with Crippen molar-refractivity contribution in [3.63, 3.8) is 0 Å². The van der Waals surface area contributed by atoms with Crippen LogP contribution in [0.2, 0.25) is 0 Å². The molecule has 24 heavy (non-hydrogen) atoms. The zero-order valence-corrected chi connectivity index (χ0v) is 13.2. The summed E-state index contributed by atoms with van der Waals surface area (Å²) in [4.78, 5) is 16.4. The number of benzene rings is 2. The maximum Gasteiger partial charge on any atom is 0.257 e. The Labute approximate surface area is 139 Å². The lowest BCUT2D eigenvalue weighted by Crippen LogP contribution is -2.23. The highest BCUT2D eigenvalue weighted by Gasteiger charge is 2.10. The van der Waals surface area contributed by atoms with E-state index in [-0.39, 0.29) is 12.5 Å². The molecule has 0 saturated heterocycles. The Balaban J connectivity index is 1.67. The summed E-state index contributed by atoms with van der Waals surface area (Å²) in [5.41, 5.74) is 3.00. The molecule has 2 aromatic carbocycles. The molecule has 0 spiro atoms. The minimum atomic E-state index is -0.184. The van der Waals surface area contributed by atoms with Crippen molar-refractivity contribution in [2.24, 2.45) is 0 Å². The van der Waals surface area contributed by atoms with Gasteiger partial charge in [-0.3, -0.25) is 4.79 Å². The van der Waals surface area contributed by atoms with E-state index in [9.17, 15) is 9.90 Å². The van der Waals surface area contributed by atoms with E-state index in [0.717, 1.165) is 16.7 Å². The molecule has 0 aliphatic rings. The van der Waals surface area contributed by atoms with Gasteiger partial charge in [-0.05, 0) is 42.3 Å². The number of hydrogen-bond acceptors (Lipinski definition) is 5. The smallest absolute Gasteiger partial charge is 0.257 e. The van der Waals surface area contributed by atoms with E-state index in [1.807, 2.05) is 24.3 Å². The molecule has 0 aliphatic heterocycles. The molecule has 1 aromatic heterocycles. The number of aliphatic hydroxyl groups is 1. The number of nitrogens with zero attached hydrogens (tertiary/aromatic N) is 2. The average molecular weight is 323 g/mol. The lowest BCUT2D eigenvalue weighted by Gasteiger charge is -2.09. The number of rotatable bonds is 5. The van der Waals surface area contributed by atoms with Crippen molar-refractivity contribution in [1.82, 2.24) is 15.5 Å². The van der Waals surface area contributed by atoms with Crippen molar-refractivity contribution in [1.29, 1.82) is 0 Å². The monoisotopic (exact) mass is 323 g/mol. The van der Waals surface area contributed by atoms with E-state index in [1.165, 1.54) is 0 Å². The van der Waals surface area contributed by atoms with Crippen molar-refractivity contribution < 1.29 is 14.4 Å². The molecule has 1 amide bonds. The molecule has 3 aromatic rings. The quantitative estimate of drug-likeness (QED) is 0.753. The van der Waals surface area contributed by atoms with Crippen LogP contribution in [-0.4, -0.2) is 21.2 Å². The van der Waals surface area contributed by atoms with E-state index in [2.05, 4.69) is 15.5 Å². The molecule has 0 unspecified atom stereocenters. The SMILES string of the molecule is Cc1noc(-c2ccc(C(=O)NCc3ccccc3CO)cc2)n1. The molecule has 0 bridgehead atoms. The number of nitrogens with one attached hydrogen (secondary N) is 1. The first-order valence-electron chi connectivity index (χ1n) is 7.54. The van der Waals surface area contributed by atoms with Crippen molar-refractivity contribution in [2.45, 2.75) is 20.1 Å². The molecule has 2 N–H and O–H groups in total. The number of amides is 1. The van der Waals surface area contributed by atoms with Gasteiger partial charge in [-0.15, -0.1) is 0 Å². The molecule has 0 saturated carbocycles. The van der Waals surface area contributed by atoms with Gasteiger partial charge in [-0.1, -0.05) is 29.4 Å². The topological polar surface area (TPSA) is 88.2 Å². The number of carbonyl (C=O) groups excluding carboxylic acids is 1. The van der Waals surface area contributed by atoms with E-state index in [4.69, 9.17) is 4.52 Å². The summed E-state index contributed by atoms with van der Waals surface area (Å²) in [5, 5.41) is 15.9. The number of aryl methyl sites for hydroxylation is 1. The highest BCUT2D eigenvalue weighted by Crippen LogP contribution is 2.17. The molecule has 6 heteroatoms. The van der Waals surface area contributed by atoms with E-state index in [0.29, 0.717) is 23.8 Å². The fraction of sp³-hybridized carbons (Fsp3) is 0.167. The Morgan fingerprint density at radius 1 is 1.12 bits per heavy atom. The lowest BCUT2D eigenvalue weighted by atomic mass is 10.1. The highest BCUT2D eigenvalue weighted by molar-refractivity contribution is 5.94. The van der Waals surface area contributed by atoms with E-state index < -0.39 is 0 Å². The van der Waals surface area contributed by atoms with Gasteiger partial charge in [0.2, 0.25) is 0 Å². The fourth-order valence-corrected chi connectivity index (χ4v) is 2.34. The van der Waals surface area contributed by atoms with Crippen molar-refractivity contribution >= 4 is 5.91 Å². The first-order valence-corrected chi connectivity index (χ1v) is 7.54. The van der Waals surface area contributed by atoms with Gasteiger partial charge in [0.25, 0.3) is 11.8 Å². The largest absolute Gasteiger partial charge is 0.392 e. The van der Waals surface area contributed by atoms with Crippen LogP contribution in [0.1, 0.15) is 27.3 Å². The van der Waals surface area contributed by atoms with Crippen molar-refractivity contribution in [3.8, 4) is 11.5 Å². The minimum Gasteiger partial charge on any atom is -0.392 e. The van der Waals surface area contributed by atoms with Crippen molar-refractivity contribution in [2.75, 3.05) is 0 Å². The van der Waals surface area contributed by atoms with Crippen LogP contribution in [0.5, 0.6) is 0 Å². The summed E-state index contributed by atoms with van der Waals surface area (Å²) in [5.74, 6) is 0.807. The molecule has 122 valence electrons. The minimum absolute atomic E-state index is 0.0512. The zero-order valence-electron chi connectivity index (χ0n) is 13.2. The summed E-state index contributed by atoms with van der Waals surface area (Å²) >= 11 is 0. The fourth-order valence-electron chi connectivity index (χ4n) is 2.34. The molecule has 0 fully saturated rings. The second-order valence-corrected chi connectivity index (χ2v) is 5.33. The third-order valence-electron chi connectivity index (χ3n) is 3.65. The number of aliphatic hydroxyl groups excluding tert-OH is 1. The number of aromatic nitrogens is 2. The Bertz CT molecular complexity index is 841. The summed E-state index contributed by atoms with van der Waals surface area (Å²) in [6.45, 7) is 2.06. The third kappa shape index (κ3) is 3.49. The Morgan fingerprint density at radius 2 is 1.83 bits per heavy atom. The molecule has 3 rings (SSSR count). The van der Waals surface area contributed by atoms with E-state index >= 15 is 0 Å². The van der Waals surface area contributed by atoms with Crippen LogP contribution in [0.15, 0.2) is 53.1 Å². The molecule has 0 aliphatic carbocycles. The second-order valence-electron chi connectivity index (χ2n) is 5.33. The van der Waals surface area contributed by atoms with Crippen LogP contribution in [0, 0.1) is 6.92 Å². The molecule has 1 heterocycles. The van der Waals surface area contributed by atoms with Gasteiger partial charge in [0.1, 0.15) is 0 Å². The summed E-state index contributed by atoms with van der Waals surface area (Å²) in [7, 11) is 0. The van der Waals surface area contributed by atoms with Gasteiger partial charge < -0.3 is 14.9 Å². The zero-order chi connectivity index (χ0) is 16.9. The predicted octanol–water partition coefficient (Wildman–Crippen LogP) is 2.47. The van der Waals surface area contributed by atoms with E-state index in [1.54, 1.807) is 31.2 Å². The third-order valence-corrected chi connectivity index (χ3v) is 3.65. The second kappa shape index (κ2) is 7.06. The lowest BCUT2D eigenvalue weighted by molar-refractivity contribution is 0.0950. The Kier molecular flexibility index (Phi) is 4.67. The average Bonchev–Trinajstić information content (AvgIpc) is 3.06. The van der Waals surface area contributed by atoms with Gasteiger partial charge in [-0.25, -0.2) is 0 Å². The van der Waals surface area contributed by atoms with Crippen molar-refractivity contribution in [3.05, 3.63) is 71.0 Å². The normalized spacial score (nSPS) is 10.6. The molecule has 6 nitrogen and oxygen atoms in total. The van der Waals surface area contributed by atoms with Gasteiger partial charge in [0, 0.05) is 17.7 Å². The first kappa shape index (κ1) is 15.9. The summed E-state index contributed by atoms with van der Waals surface area (Å²) in [6.07, 6.45) is 0. The van der Waals surface area contributed by atoms with Crippen LogP contribution < -0.4 is 5.32 Å². The standard InChI is InChI=1S/C18H17N3O3/c1-12-20-18(24-21-12)14-8-6-13(7-9-14)17(23)19-10-15-4-2-3-5-16(15)11-22/h2-9,22H,10-11H2,1H3,(H,19,23). The summed E-state index contributed by atoms with van der Waals surface area (Å²) in [6, 6.07) is 14.4. The maximum absolute atomic E-state index is 12.2. The number of hydrogen-bond donors (Lipinski definition) is 2. The molecular formula is C18H17N3O3.